The lowest BCUT2D eigenvalue weighted by atomic mass is 9.48. The van der Waals surface area contributed by atoms with Gasteiger partial charge in [0.05, 0.1) is 24.4 Å². The summed E-state index contributed by atoms with van der Waals surface area (Å²) in [7, 11) is 0. The molecule has 0 spiro atoms. The van der Waals surface area contributed by atoms with E-state index in [0.717, 1.165) is 32.1 Å². The van der Waals surface area contributed by atoms with E-state index >= 15 is 0 Å². The quantitative estimate of drug-likeness (QED) is 0.475. The van der Waals surface area contributed by atoms with Gasteiger partial charge < -0.3 is 25.8 Å². The Bertz CT molecular complexity index is 1030. The molecular weight excluding hydrogens is 462 g/mol. The molecule has 2 atom stereocenters. The average molecular weight is 502 g/mol. The van der Waals surface area contributed by atoms with Gasteiger partial charge in [-0.15, -0.1) is 0 Å². The van der Waals surface area contributed by atoms with Crippen molar-refractivity contribution in [3.8, 4) is 5.88 Å². The van der Waals surface area contributed by atoms with Crippen molar-refractivity contribution in [1.82, 2.24) is 20.4 Å². The SMILES string of the molecule is CC(=O)NC(C)(C)C=Cn1ncc(C(=O)NC2C3CC4CC2CC(COC(N)=O)(C4)C3)c1OC(C)C. The molecule has 4 aliphatic rings. The van der Waals surface area contributed by atoms with Crippen molar-refractivity contribution in [2.45, 2.75) is 84.4 Å². The van der Waals surface area contributed by atoms with Crippen LogP contribution in [0.4, 0.5) is 4.79 Å². The molecule has 1 aromatic rings. The molecule has 4 saturated carbocycles. The third-order valence-corrected chi connectivity index (χ3v) is 7.69. The van der Waals surface area contributed by atoms with E-state index in [-0.39, 0.29) is 29.4 Å². The Hall–Kier alpha value is -3.04. The number of nitrogens with zero attached hydrogens (tertiary/aromatic N) is 2. The van der Waals surface area contributed by atoms with Crippen LogP contribution in [0.3, 0.4) is 0 Å². The number of primary amides is 1. The highest BCUT2D eigenvalue weighted by Gasteiger charge is 2.56. The van der Waals surface area contributed by atoms with Crippen molar-refractivity contribution in [2.24, 2.45) is 28.9 Å². The number of nitrogens with two attached hydrogens (primary N) is 1. The third-order valence-electron chi connectivity index (χ3n) is 7.69. The highest BCUT2D eigenvalue weighted by atomic mass is 16.5. The first-order chi connectivity index (χ1) is 16.9. The zero-order valence-corrected chi connectivity index (χ0v) is 21.9. The van der Waals surface area contributed by atoms with Gasteiger partial charge in [-0.1, -0.05) is 0 Å². The van der Waals surface area contributed by atoms with Crippen LogP contribution in [-0.2, 0) is 9.53 Å². The predicted octanol–water partition coefficient (Wildman–Crippen LogP) is 3.08. The van der Waals surface area contributed by atoms with E-state index in [9.17, 15) is 14.4 Å². The van der Waals surface area contributed by atoms with Crippen LogP contribution in [0, 0.1) is 23.2 Å². The second-order valence-corrected chi connectivity index (χ2v) is 11.8. The lowest BCUT2D eigenvalue weighted by Gasteiger charge is -2.59. The first-order valence-corrected chi connectivity index (χ1v) is 12.8. The highest BCUT2D eigenvalue weighted by Crippen LogP contribution is 2.60. The van der Waals surface area contributed by atoms with Gasteiger partial charge in [-0.05, 0) is 83.6 Å². The molecule has 4 bridgehead atoms. The third kappa shape index (κ3) is 5.68. The average Bonchev–Trinajstić information content (AvgIpc) is 3.14. The first-order valence-electron chi connectivity index (χ1n) is 12.8. The Morgan fingerprint density at radius 3 is 2.50 bits per heavy atom. The van der Waals surface area contributed by atoms with Crippen molar-refractivity contribution in [3.63, 3.8) is 0 Å². The van der Waals surface area contributed by atoms with Crippen LogP contribution >= 0.6 is 0 Å². The van der Waals surface area contributed by atoms with Crippen molar-refractivity contribution in [1.29, 1.82) is 0 Å². The monoisotopic (exact) mass is 501 g/mol. The van der Waals surface area contributed by atoms with E-state index in [1.807, 2.05) is 33.8 Å². The molecule has 5 rings (SSSR count). The molecule has 0 radical (unpaired) electrons. The van der Waals surface area contributed by atoms with Crippen molar-refractivity contribution >= 4 is 24.1 Å². The molecule has 4 aliphatic carbocycles. The van der Waals surface area contributed by atoms with Gasteiger partial charge >= 0.3 is 6.09 Å². The van der Waals surface area contributed by atoms with Gasteiger partial charge in [-0.2, -0.15) is 5.10 Å². The summed E-state index contributed by atoms with van der Waals surface area (Å²) in [5, 5.41) is 10.5. The van der Waals surface area contributed by atoms with E-state index in [2.05, 4.69) is 15.7 Å². The molecule has 2 unspecified atom stereocenters. The van der Waals surface area contributed by atoms with E-state index in [1.165, 1.54) is 17.8 Å². The summed E-state index contributed by atoms with van der Waals surface area (Å²) >= 11 is 0. The molecule has 198 valence electrons. The Kier molecular flexibility index (Phi) is 7.07. The lowest BCUT2D eigenvalue weighted by molar-refractivity contribution is -0.120. The van der Waals surface area contributed by atoms with E-state index in [0.29, 0.717) is 35.8 Å². The Morgan fingerprint density at radius 2 is 1.92 bits per heavy atom. The van der Waals surface area contributed by atoms with Gasteiger partial charge in [0.25, 0.3) is 5.91 Å². The topological polar surface area (TPSA) is 138 Å². The maximum atomic E-state index is 13.5. The van der Waals surface area contributed by atoms with Crippen LogP contribution in [0.15, 0.2) is 12.3 Å². The fourth-order valence-electron chi connectivity index (χ4n) is 6.76. The van der Waals surface area contributed by atoms with Crippen molar-refractivity contribution in [3.05, 3.63) is 17.8 Å². The van der Waals surface area contributed by atoms with Gasteiger partial charge in [0, 0.05) is 24.6 Å². The summed E-state index contributed by atoms with van der Waals surface area (Å²) in [5.41, 5.74) is 5.00. The number of rotatable bonds is 9. The normalized spacial score (nSPS) is 28.9. The van der Waals surface area contributed by atoms with Crippen LogP contribution in [-0.4, -0.2) is 52.0 Å². The van der Waals surface area contributed by atoms with Gasteiger partial charge in [0.2, 0.25) is 11.8 Å². The summed E-state index contributed by atoms with van der Waals surface area (Å²) < 4.78 is 12.8. The zero-order valence-electron chi connectivity index (χ0n) is 21.9. The second-order valence-electron chi connectivity index (χ2n) is 11.8. The van der Waals surface area contributed by atoms with Crippen LogP contribution in [0.5, 0.6) is 5.88 Å². The Labute approximate surface area is 212 Å². The maximum Gasteiger partial charge on any atom is 0.404 e. The molecule has 4 fully saturated rings. The zero-order chi connectivity index (χ0) is 26.3. The minimum absolute atomic E-state index is 0.0188. The smallest absolute Gasteiger partial charge is 0.404 e. The summed E-state index contributed by atoms with van der Waals surface area (Å²) in [4.78, 5) is 36.2. The number of nitrogens with one attached hydrogen (secondary N) is 2. The van der Waals surface area contributed by atoms with Crippen LogP contribution in [0.25, 0.3) is 6.20 Å². The summed E-state index contributed by atoms with van der Waals surface area (Å²) in [6.07, 6.45) is 9.23. The molecular formula is C26H39N5O5. The Morgan fingerprint density at radius 1 is 1.25 bits per heavy atom. The van der Waals surface area contributed by atoms with Gasteiger partial charge in [-0.25, -0.2) is 9.48 Å². The minimum Gasteiger partial charge on any atom is -0.474 e. The second kappa shape index (κ2) is 9.78. The molecule has 10 nitrogen and oxygen atoms in total. The molecule has 4 N–H and O–H groups in total. The summed E-state index contributed by atoms with van der Waals surface area (Å²) in [5.74, 6) is 1.33. The molecule has 36 heavy (non-hydrogen) atoms. The van der Waals surface area contributed by atoms with Crippen molar-refractivity contribution in [2.75, 3.05) is 6.61 Å². The summed E-state index contributed by atoms with van der Waals surface area (Å²) in [6, 6.07) is 0.0697. The lowest BCUT2D eigenvalue weighted by Crippen LogP contribution is -2.60. The van der Waals surface area contributed by atoms with E-state index < -0.39 is 11.6 Å². The first kappa shape index (κ1) is 26.0. The number of amides is 3. The number of ether oxygens (including phenoxy) is 2. The molecule has 0 saturated heterocycles. The standard InChI is InChI=1S/C26H39N5O5/c1-15(2)36-23-20(13-28-31(23)7-6-25(4,5)30-16(3)32)22(33)29-21-18-8-17-9-19(21)12-26(10-17,11-18)14-35-24(27)34/h6-7,13,15,17-19,21H,8-12,14H2,1-5H3,(H2,27,34)(H,29,33)(H,30,32). The van der Waals surface area contributed by atoms with Crippen LogP contribution in [0.2, 0.25) is 0 Å². The van der Waals surface area contributed by atoms with Crippen LogP contribution < -0.4 is 21.1 Å². The van der Waals surface area contributed by atoms with E-state index in [4.69, 9.17) is 15.2 Å². The molecule has 0 aromatic carbocycles. The van der Waals surface area contributed by atoms with Gasteiger partial charge in [0.15, 0.2) is 0 Å². The maximum absolute atomic E-state index is 13.5. The predicted molar refractivity (Wildman–Crippen MR) is 134 cm³/mol. The fourth-order valence-corrected chi connectivity index (χ4v) is 6.76. The largest absolute Gasteiger partial charge is 0.474 e. The molecule has 0 aliphatic heterocycles. The molecule has 10 heteroatoms. The van der Waals surface area contributed by atoms with Gasteiger partial charge in [-0.3, -0.25) is 9.59 Å². The molecule has 1 aromatic heterocycles. The van der Waals surface area contributed by atoms with Crippen LogP contribution in [0.1, 0.15) is 77.1 Å². The minimum atomic E-state index is -0.722. The summed E-state index contributed by atoms with van der Waals surface area (Å²) in [6.45, 7) is 9.38. The molecule has 3 amide bonds. The molecule has 1 heterocycles. The number of aromatic nitrogens is 2. The fraction of sp³-hybridized carbons (Fsp3) is 0.692. The Balaban J connectivity index is 1.50. The number of carbonyl (C=O) groups excluding carboxylic acids is 3. The van der Waals surface area contributed by atoms with Crippen molar-refractivity contribution < 1.29 is 23.9 Å². The van der Waals surface area contributed by atoms with Gasteiger partial charge in [0.1, 0.15) is 5.56 Å². The number of hydrogen-bond acceptors (Lipinski definition) is 6. The number of hydrogen-bond donors (Lipinski definition) is 3. The highest BCUT2D eigenvalue weighted by molar-refractivity contribution is 5.96. The van der Waals surface area contributed by atoms with E-state index in [1.54, 1.807) is 6.20 Å². The number of carbonyl (C=O) groups is 3.